The summed E-state index contributed by atoms with van der Waals surface area (Å²) in [5.74, 6) is -1.82. The van der Waals surface area contributed by atoms with E-state index in [1.807, 2.05) is 0 Å². The first-order chi connectivity index (χ1) is 12.9. The zero-order valence-electron chi connectivity index (χ0n) is 14.8. The van der Waals surface area contributed by atoms with E-state index >= 15 is 0 Å². The summed E-state index contributed by atoms with van der Waals surface area (Å²) in [7, 11) is 1.67. The molecule has 6 heteroatoms. The van der Waals surface area contributed by atoms with Crippen molar-refractivity contribution >= 4 is 11.7 Å². The Bertz CT molecular complexity index is 1030. The lowest BCUT2D eigenvalue weighted by atomic mass is 9.99. The summed E-state index contributed by atoms with van der Waals surface area (Å²) in [6.07, 6.45) is 1.57. The van der Waals surface area contributed by atoms with Crippen molar-refractivity contribution in [1.29, 1.82) is 0 Å². The largest absolute Gasteiger partial charge is 0.461 e. The molecule has 0 aliphatic rings. The number of carbonyl (C=O) groups is 1. The van der Waals surface area contributed by atoms with E-state index in [-0.39, 0.29) is 12.3 Å². The summed E-state index contributed by atoms with van der Waals surface area (Å²) in [4.78, 5) is 15.8. The molecule has 1 heterocycles. The van der Waals surface area contributed by atoms with Crippen molar-refractivity contribution in [2.45, 2.75) is 6.92 Å². The van der Waals surface area contributed by atoms with Gasteiger partial charge in [-0.1, -0.05) is 24.3 Å². The lowest BCUT2D eigenvalue weighted by Gasteiger charge is -2.09. The molecule has 2 aromatic carbocycles. The third-order valence-electron chi connectivity index (χ3n) is 4.12. The molecule has 27 heavy (non-hydrogen) atoms. The van der Waals surface area contributed by atoms with Gasteiger partial charge in [-0.05, 0) is 35.7 Å². The van der Waals surface area contributed by atoms with Crippen LogP contribution in [0.1, 0.15) is 17.4 Å². The second kappa shape index (κ2) is 7.42. The SMILES string of the molecule is [C-]#[N+]c1cn(C)c(C(=O)OCC)c1-c1ccc(-c2cc(F)cc(F)c2)cc1. The molecule has 0 N–H and O–H groups in total. The highest BCUT2D eigenvalue weighted by atomic mass is 19.1. The number of rotatable bonds is 4. The number of hydrogen-bond donors (Lipinski definition) is 0. The minimum absolute atomic E-state index is 0.223. The number of hydrogen-bond acceptors (Lipinski definition) is 2. The van der Waals surface area contributed by atoms with Crippen molar-refractivity contribution in [2.75, 3.05) is 6.61 Å². The van der Waals surface area contributed by atoms with Gasteiger partial charge in [0, 0.05) is 24.9 Å². The van der Waals surface area contributed by atoms with Gasteiger partial charge in [0.05, 0.1) is 13.2 Å². The molecule has 0 fully saturated rings. The molecule has 0 aliphatic heterocycles. The summed E-state index contributed by atoms with van der Waals surface area (Å²) >= 11 is 0. The summed E-state index contributed by atoms with van der Waals surface area (Å²) in [5.41, 5.74) is 2.75. The molecule has 136 valence electrons. The number of nitrogens with zero attached hydrogens (tertiary/aromatic N) is 2. The first kappa shape index (κ1) is 18.3. The zero-order chi connectivity index (χ0) is 19.6. The van der Waals surface area contributed by atoms with Gasteiger partial charge in [-0.2, -0.15) is 0 Å². The van der Waals surface area contributed by atoms with Crippen molar-refractivity contribution in [3.8, 4) is 22.3 Å². The molecular weight excluding hydrogens is 350 g/mol. The van der Waals surface area contributed by atoms with Crippen LogP contribution in [-0.2, 0) is 11.8 Å². The number of aromatic nitrogens is 1. The maximum absolute atomic E-state index is 13.4. The molecule has 0 saturated heterocycles. The highest BCUT2D eigenvalue weighted by molar-refractivity contribution is 6.00. The van der Waals surface area contributed by atoms with Crippen LogP contribution in [0.2, 0.25) is 0 Å². The second-order valence-electron chi connectivity index (χ2n) is 5.92. The first-order valence-electron chi connectivity index (χ1n) is 8.25. The molecule has 3 aromatic rings. The molecule has 0 saturated carbocycles. The van der Waals surface area contributed by atoms with E-state index in [1.54, 1.807) is 49.0 Å². The molecule has 0 unspecified atom stereocenters. The van der Waals surface area contributed by atoms with Gasteiger partial charge in [-0.25, -0.2) is 18.4 Å². The van der Waals surface area contributed by atoms with Gasteiger partial charge in [0.25, 0.3) is 0 Å². The molecule has 0 amide bonds. The number of halogens is 2. The Balaban J connectivity index is 2.08. The van der Waals surface area contributed by atoms with Crippen LogP contribution in [0.5, 0.6) is 0 Å². The van der Waals surface area contributed by atoms with Gasteiger partial charge in [-0.3, -0.25) is 0 Å². The maximum atomic E-state index is 13.4. The fourth-order valence-electron chi connectivity index (χ4n) is 2.97. The maximum Gasteiger partial charge on any atom is 0.354 e. The summed E-state index contributed by atoms with van der Waals surface area (Å²) in [5, 5.41) is 0. The number of aryl methyl sites for hydroxylation is 1. The topological polar surface area (TPSA) is 35.6 Å². The van der Waals surface area contributed by atoms with Crippen LogP contribution in [0.25, 0.3) is 27.1 Å². The fourth-order valence-corrected chi connectivity index (χ4v) is 2.97. The Kier molecular flexibility index (Phi) is 5.04. The Morgan fingerprint density at radius 1 is 1.07 bits per heavy atom. The minimum atomic E-state index is -0.656. The number of esters is 1. The molecule has 0 aliphatic carbocycles. The van der Waals surface area contributed by atoms with E-state index in [4.69, 9.17) is 11.3 Å². The Hall–Kier alpha value is -3.46. The van der Waals surface area contributed by atoms with Crippen molar-refractivity contribution in [3.05, 3.63) is 77.4 Å². The van der Waals surface area contributed by atoms with Crippen LogP contribution in [0.15, 0.2) is 48.7 Å². The monoisotopic (exact) mass is 366 g/mol. The Morgan fingerprint density at radius 2 is 1.67 bits per heavy atom. The lowest BCUT2D eigenvalue weighted by molar-refractivity contribution is 0.0516. The van der Waals surface area contributed by atoms with Gasteiger partial charge >= 0.3 is 5.97 Å². The zero-order valence-corrected chi connectivity index (χ0v) is 14.8. The highest BCUT2D eigenvalue weighted by Gasteiger charge is 2.22. The van der Waals surface area contributed by atoms with Crippen LogP contribution >= 0.6 is 0 Å². The number of carbonyl (C=O) groups excluding carboxylic acids is 1. The van der Waals surface area contributed by atoms with Crippen molar-refractivity contribution in [2.24, 2.45) is 7.05 Å². The van der Waals surface area contributed by atoms with Crippen molar-refractivity contribution < 1.29 is 18.3 Å². The first-order valence-corrected chi connectivity index (χ1v) is 8.25. The standard InChI is InChI=1S/C21H16F2N2O2/c1-4-27-21(26)20-19(18(24-2)12-25(20)3)14-7-5-13(6-8-14)15-9-16(22)11-17(23)10-15/h5-12H,4H2,1,3H3. The minimum Gasteiger partial charge on any atom is -0.461 e. The number of ether oxygens (including phenoxy) is 1. The van der Waals surface area contributed by atoms with Gasteiger partial charge in [0.1, 0.15) is 17.3 Å². The van der Waals surface area contributed by atoms with Gasteiger partial charge in [0.2, 0.25) is 5.69 Å². The van der Waals surface area contributed by atoms with Gasteiger partial charge < -0.3 is 9.30 Å². The van der Waals surface area contributed by atoms with E-state index in [0.29, 0.717) is 27.9 Å². The van der Waals surface area contributed by atoms with E-state index in [2.05, 4.69) is 4.85 Å². The highest BCUT2D eigenvalue weighted by Crippen LogP contribution is 2.36. The van der Waals surface area contributed by atoms with Crippen LogP contribution in [0.3, 0.4) is 0 Å². The van der Waals surface area contributed by atoms with Crippen LogP contribution in [0.4, 0.5) is 14.5 Å². The van der Waals surface area contributed by atoms with Crippen LogP contribution in [-0.4, -0.2) is 17.1 Å². The van der Waals surface area contributed by atoms with Crippen molar-refractivity contribution in [1.82, 2.24) is 4.57 Å². The van der Waals surface area contributed by atoms with Crippen LogP contribution < -0.4 is 0 Å². The molecule has 3 rings (SSSR count). The summed E-state index contributed by atoms with van der Waals surface area (Å²) in [6, 6.07) is 10.1. The second-order valence-corrected chi connectivity index (χ2v) is 5.92. The van der Waals surface area contributed by atoms with Gasteiger partial charge in [0.15, 0.2) is 0 Å². The molecular formula is C21H16F2N2O2. The van der Waals surface area contributed by atoms with Gasteiger partial charge in [-0.15, -0.1) is 0 Å². The molecule has 0 spiro atoms. The van der Waals surface area contributed by atoms with E-state index in [9.17, 15) is 13.6 Å². The predicted octanol–water partition coefficient (Wildman–Crippen LogP) is 5.36. The average molecular weight is 366 g/mol. The van der Waals surface area contributed by atoms with E-state index in [0.717, 1.165) is 6.07 Å². The predicted molar refractivity (Wildman–Crippen MR) is 98.4 cm³/mol. The molecule has 4 nitrogen and oxygen atoms in total. The molecule has 0 radical (unpaired) electrons. The smallest absolute Gasteiger partial charge is 0.354 e. The molecule has 1 aromatic heterocycles. The summed E-state index contributed by atoms with van der Waals surface area (Å²) < 4.78 is 33.6. The summed E-state index contributed by atoms with van der Waals surface area (Å²) in [6.45, 7) is 9.32. The lowest BCUT2D eigenvalue weighted by Crippen LogP contribution is -2.10. The van der Waals surface area contributed by atoms with E-state index in [1.165, 1.54) is 12.1 Å². The number of benzene rings is 2. The fraction of sp³-hybridized carbons (Fsp3) is 0.143. The third kappa shape index (κ3) is 3.58. The normalized spacial score (nSPS) is 10.5. The van der Waals surface area contributed by atoms with E-state index < -0.39 is 17.6 Å². The van der Waals surface area contributed by atoms with Crippen LogP contribution in [0, 0.1) is 18.2 Å². The average Bonchev–Trinajstić information content (AvgIpc) is 2.97. The Labute approximate surface area is 155 Å². The quantitative estimate of drug-likeness (QED) is 0.460. The third-order valence-corrected chi connectivity index (χ3v) is 4.12. The Morgan fingerprint density at radius 3 is 2.22 bits per heavy atom. The van der Waals surface area contributed by atoms with Crippen molar-refractivity contribution in [3.63, 3.8) is 0 Å². The molecule has 0 bridgehead atoms. The molecule has 0 atom stereocenters.